The van der Waals surface area contributed by atoms with Gasteiger partial charge in [-0.05, 0) is 36.2 Å². The Labute approximate surface area is 123 Å². The fourth-order valence-corrected chi connectivity index (χ4v) is 2.10. The number of nitrogens with one attached hydrogen (secondary N) is 1. The van der Waals surface area contributed by atoms with Crippen LogP contribution in [0.1, 0.15) is 11.1 Å². The van der Waals surface area contributed by atoms with Crippen LogP contribution in [0.2, 0.25) is 0 Å². The smallest absolute Gasteiger partial charge is 0.200 e. The van der Waals surface area contributed by atoms with E-state index in [2.05, 4.69) is 5.32 Å². The summed E-state index contributed by atoms with van der Waals surface area (Å²) in [6.07, 6.45) is 0. The molecule has 0 aliphatic rings. The molecule has 5 heteroatoms. The molecule has 0 saturated carbocycles. The van der Waals surface area contributed by atoms with Crippen LogP contribution in [-0.2, 0) is 6.54 Å². The molecule has 0 fully saturated rings. The first-order valence-electron chi connectivity index (χ1n) is 6.49. The first kappa shape index (κ1) is 15.0. The van der Waals surface area contributed by atoms with Gasteiger partial charge in [-0.3, -0.25) is 0 Å². The molecule has 0 amide bonds. The molecule has 0 atom stereocenters. The Morgan fingerprint density at radius 3 is 2.29 bits per heavy atom. The predicted octanol–water partition coefficient (Wildman–Crippen LogP) is 3.47. The molecule has 0 saturated heterocycles. The molecule has 0 heterocycles. The largest absolute Gasteiger partial charge is 0.502 e. The number of methoxy groups -OCH3 is 2. The molecular weight excluding hydrogens is 273 g/mol. The Balaban J connectivity index is 2.24. The summed E-state index contributed by atoms with van der Waals surface area (Å²) in [5, 5.41) is 12.9. The van der Waals surface area contributed by atoms with E-state index >= 15 is 0 Å². The van der Waals surface area contributed by atoms with E-state index in [1.807, 2.05) is 13.0 Å². The third-order valence-corrected chi connectivity index (χ3v) is 3.23. The molecule has 2 N–H and O–H groups in total. The Hall–Kier alpha value is -2.43. The number of phenolic OH excluding ortho intramolecular Hbond substituents is 1. The standard InChI is InChI=1S/C16H18FNO3/c1-10-5-4-6-12(17)15(10)18-9-11-7-13(20-2)16(19)14(8-11)21-3/h4-8,18-19H,9H2,1-3H3. The van der Waals surface area contributed by atoms with Crippen LogP contribution < -0.4 is 14.8 Å². The van der Waals surface area contributed by atoms with Gasteiger partial charge in [0.05, 0.1) is 19.9 Å². The van der Waals surface area contributed by atoms with Crippen molar-refractivity contribution in [3.8, 4) is 17.2 Å². The van der Waals surface area contributed by atoms with Gasteiger partial charge in [-0.2, -0.15) is 0 Å². The average Bonchev–Trinajstić information content (AvgIpc) is 2.48. The van der Waals surface area contributed by atoms with Gasteiger partial charge in [0.25, 0.3) is 0 Å². The van der Waals surface area contributed by atoms with Crippen molar-refractivity contribution in [1.82, 2.24) is 0 Å². The molecule has 2 aromatic carbocycles. The number of benzene rings is 2. The molecule has 112 valence electrons. The number of ether oxygens (including phenoxy) is 2. The lowest BCUT2D eigenvalue weighted by Crippen LogP contribution is -2.04. The van der Waals surface area contributed by atoms with Crippen LogP contribution in [0.15, 0.2) is 30.3 Å². The molecule has 0 radical (unpaired) electrons. The van der Waals surface area contributed by atoms with Gasteiger partial charge in [0.1, 0.15) is 5.82 Å². The second kappa shape index (κ2) is 6.35. The topological polar surface area (TPSA) is 50.7 Å². The summed E-state index contributed by atoms with van der Waals surface area (Å²) in [7, 11) is 2.93. The summed E-state index contributed by atoms with van der Waals surface area (Å²) in [5.74, 6) is 0.284. The molecule has 21 heavy (non-hydrogen) atoms. The minimum atomic E-state index is -0.298. The van der Waals surface area contributed by atoms with Gasteiger partial charge in [0.2, 0.25) is 5.75 Å². The molecule has 0 bridgehead atoms. The van der Waals surface area contributed by atoms with Crippen LogP contribution in [-0.4, -0.2) is 19.3 Å². The van der Waals surface area contributed by atoms with E-state index in [0.29, 0.717) is 23.7 Å². The number of aromatic hydroxyl groups is 1. The molecular formula is C16H18FNO3. The van der Waals surface area contributed by atoms with E-state index in [1.165, 1.54) is 20.3 Å². The molecule has 2 rings (SSSR count). The van der Waals surface area contributed by atoms with E-state index in [4.69, 9.17) is 9.47 Å². The lowest BCUT2D eigenvalue weighted by atomic mass is 10.1. The highest BCUT2D eigenvalue weighted by Gasteiger charge is 2.12. The Morgan fingerprint density at radius 1 is 1.14 bits per heavy atom. The summed E-state index contributed by atoms with van der Waals surface area (Å²) >= 11 is 0. The van der Waals surface area contributed by atoms with Crippen molar-refractivity contribution in [3.63, 3.8) is 0 Å². The number of hydrogen-bond acceptors (Lipinski definition) is 4. The summed E-state index contributed by atoms with van der Waals surface area (Å²) in [6.45, 7) is 2.22. The summed E-state index contributed by atoms with van der Waals surface area (Å²) in [5.41, 5.74) is 2.10. The van der Waals surface area contributed by atoms with Gasteiger partial charge in [0, 0.05) is 6.54 Å². The highest BCUT2D eigenvalue weighted by atomic mass is 19.1. The number of aryl methyl sites for hydroxylation is 1. The molecule has 0 spiro atoms. The first-order valence-corrected chi connectivity index (χ1v) is 6.49. The first-order chi connectivity index (χ1) is 10.1. The lowest BCUT2D eigenvalue weighted by molar-refractivity contribution is 0.339. The van der Waals surface area contributed by atoms with Crippen molar-refractivity contribution in [1.29, 1.82) is 0 Å². The second-order valence-corrected chi connectivity index (χ2v) is 4.63. The molecule has 0 aliphatic carbocycles. The third kappa shape index (κ3) is 3.18. The van der Waals surface area contributed by atoms with E-state index < -0.39 is 0 Å². The van der Waals surface area contributed by atoms with Gasteiger partial charge in [-0.25, -0.2) is 4.39 Å². The lowest BCUT2D eigenvalue weighted by Gasteiger charge is -2.14. The zero-order valence-electron chi connectivity index (χ0n) is 12.2. The number of rotatable bonds is 5. The van der Waals surface area contributed by atoms with Crippen LogP contribution in [0.25, 0.3) is 0 Å². The van der Waals surface area contributed by atoms with E-state index in [9.17, 15) is 9.50 Å². The van der Waals surface area contributed by atoms with Crippen molar-refractivity contribution in [2.45, 2.75) is 13.5 Å². The minimum Gasteiger partial charge on any atom is -0.502 e. The molecule has 0 aromatic heterocycles. The zero-order valence-corrected chi connectivity index (χ0v) is 12.2. The summed E-state index contributed by atoms with van der Waals surface area (Å²) < 4.78 is 23.9. The SMILES string of the molecule is COc1cc(CNc2c(C)cccc2F)cc(OC)c1O. The number of phenols is 1. The maximum Gasteiger partial charge on any atom is 0.200 e. The fraction of sp³-hybridized carbons (Fsp3) is 0.250. The monoisotopic (exact) mass is 291 g/mol. The van der Waals surface area contributed by atoms with E-state index in [1.54, 1.807) is 18.2 Å². The van der Waals surface area contributed by atoms with Crippen LogP contribution in [0.5, 0.6) is 17.2 Å². The Bertz CT molecular complexity index is 598. The van der Waals surface area contributed by atoms with Crippen LogP contribution in [0.3, 0.4) is 0 Å². The predicted molar refractivity (Wildman–Crippen MR) is 79.7 cm³/mol. The number of para-hydroxylation sites is 1. The number of halogens is 1. The van der Waals surface area contributed by atoms with Gasteiger partial charge in [0.15, 0.2) is 11.5 Å². The highest BCUT2D eigenvalue weighted by Crippen LogP contribution is 2.37. The average molecular weight is 291 g/mol. The van der Waals surface area contributed by atoms with Gasteiger partial charge < -0.3 is 19.9 Å². The van der Waals surface area contributed by atoms with Gasteiger partial charge >= 0.3 is 0 Å². The quantitative estimate of drug-likeness (QED) is 0.885. The van der Waals surface area contributed by atoms with Crippen molar-refractivity contribution >= 4 is 5.69 Å². The van der Waals surface area contributed by atoms with Gasteiger partial charge in [-0.15, -0.1) is 0 Å². The maximum atomic E-state index is 13.8. The summed E-state index contributed by atoms with van der Waals surface area (Å²) in [6, 6.07) is 8.28. The van der Waals surface area contributed by atoms with Gasteiger partial charge in [-0.1, -0.05) is 12.1 Å². The number of anilines is 1. The molecule has 2 aromatic rings. The van der Waals surface area contributed by atoms with Crippen LogP contribution >= 0.6 is 0 Å². The minimum absolute atomic E-state index is 0.0502. The normalized spacial score (nSPS) is 10.3. The second-order valence-electron chi connectivity index (χ2n) is 4.63. The number of hydrogen-bond donors (Lipinski definition) is 2. The Morgan fingerprint density at radius 2 is 1.76 bits per heavy atom. The summed E-state index contributed by atoms with van der Waals surface area (Å²) in [4.78, 5) is 0. The fourth-order valence-electron chi connectivity index (χ4n) is 2.10. The van der Waals surface area contributed by atoms with Crippen molar-refractivity contribution in [2.24, 2.45) is 0 Å². The van der Waals surface area contributed by atoms with Crippen molar-refractivity contribution in [2.75, 3.05) is 19.5 Å². The maximum absolute atomic E-state index is 13.8. The van der Waals surface area contributed by atoms with E-state index in [0.717, 1.165) is 11.1 Å². The molecule has 0 aliphatic heterocycles. The highest BCUT2D eigenvalue weighted by molar-refractivity contribution is 5.55. The van der Waals surface area contributed by atoms with Crippen molar-refractivity contribution < 1.29 is 19.0 Å². The van der Waals surface area contributed by atoms with E-state index in [-0.39, 0.29) is 11.6 Å². The van der Waals surface area contributed by atoms with Crippen LogP contribution in [0, 0.1) is 12.7 Å². The molecule has 4 nitrogen and oxygen atoms in total. The van der Waals surface area contributed by atoms with Crippen molar-refractivity contribution in [3.05, 3.63) is 47.3 Å². The third-order valence-electron chi connectivity index (χ3n) is 3.23. The molecule has 0 unspecified atom stereocenters. The van der Waals surface area contributed by atoms with Crippen LogP contribution in [0.4, 0.5) is 10.1 Å². The Kier molecular flexibility index (Phi) is 4.52. The zero-order chi connectivity index (χ0) is 15.4.